The molecule has 4 heteroatoms. The number of unbranched alkanes of at least 4 members (excludes halogenated alkanes) is 12. The van der Waals surface area contributed by atoms with Crippen molar-refractivity contribution in [2.24, 2.45) is 0 Å². The van der Waals surface area contributed by atoms with E-state index < -0.39 is 16.6 Å². The second-order valence-electron chi connectivity index (χ2n) is 12.0. The van der Waals surface area contributed by atoms with Gasteiger partial charge >= 0.3 is 0 Å². The molecule has 0 amide bonds. The predicted molar refractivity (Wildman–Crippen MR) is 176 cm³/mol. The van der Waals surface area contributed by atoms with Crippen molar-refractivity contribution in [2.45, 2.75) is 181 Å². The van der Waals surface area contributed by atoms with E-state index in [0.717, 1.165) is 11.5 Å². The minimum absolute atomic E-state index is 1.09. The van der Waals surface area contributed by atoms with Crippen LogP contribution in [0.2, 0.25) is 36.3 Å². The Morgan fingerprint density at radius 3 is 0.868 bits per heavy atom. The van der Waals surface area contributed by atoms with Crippen LogP contribution >= 0.6 is 0 Å². The molecule has 0 saturated heterocycles. The Bertz CT molecular complexity index is 580. The van der Waals surface area contributed by atoms with Crippen LogP contribution < -0.4 is 8.85 Å². The van der Waals surface area contributed by atoms with E-state index in [2.05, 4.69) is 65.8 Å². The average molecular weight is 563 g/mol. The van der Waals surface area contributed by atoms with Crippen LogP contribution in [0.1, 0.15) is 144 Å². The molecule has 38 heavy (non-hydrogen) atoms. The van der Waals surface area contributed by atoms with Crippen molar-refractivity contribution in [3.05, 3.63) is 24.3 Å². The fraction of sp³-hybridized carbons (Fsp3) is 0.824. The summed E-state index contributed by atoms with van der Waals surface area (Å²) >= 11 is 0. The van der Waals surface area contributed by atoms with Gasteiger partial charge in [-0.05, 0) is 60.5 Å². The summed E-state index contributed by atoms with van der Waals surface area (Å²) in [4.78, 5) is 0. The number of benzene rings is 1. The van der Waals surface area contributed by atoms with E-state index in [0.29, 0.717) is 0 Å². The van der Waals surface area contributed by atoms with Gasteiger partial charge in [0.15, 0.2) is 0 Å². The Morgan fingerprint density at radius 2 is 0.658 bits per heavy atom. The molecule has 0 unspecified atom stereocenters. The monoisotopic (exact) mass is 562 g/mol. The average Bonchev–Trinajstić information content (AvgIpc) is 2.94. The van der Waals surface area contributed by atoms with Gasteiger partial charge in [-0.15, -0.1) is 0 Å². The highest BCUT2D eigenvalue weighted by Crippen LogP contribution is 2.34. The summed E-state index contributed by atoms with van der Waals surface area (Å²) in [5, 5.41) is 0. The maximum atomic E-state index is 7.00. The van der Waals surface area contributed by atoms with E-state index in [1.54, 1.807) is 0 Å². The highest BCUT2D eigenvalue weighted by molar-refractivity contribution is 6.74. The van der Waals surface area contributed by atoms with Gasteiger partial charge in [0.25, 0.3) is 16.6 Å². The quantitative estimate of drug-likeness (QED) is 0.0825. The van der Waals surface area contributed by atoms with Crippen LogP contribution in [0.3, 0.4) is 0 Å². The van der Waals surface area contributed by atoms with Crippen molar-refractivity contribution in [2.75, 3.05) is 0 Å². The molecular formula is C34H66O2Si2. The van der Waals surface area contributed by atoms with Crippen molar-refractivity contribution in [3.63, 3.8) is 0 Å². The minimum atomic E-state index is -1.76. The van der Waals surface area contributed by atoms with Crippen LogP contribution in [0.5, 0.6) is 11.5 Å². The Balaban J connectivity index is 2.93. The molecule has 0 bridgehead atoms. The summed E-state index contributed by atoms with van der Waals surface area (Å²) in [6.07, 6.45) is 21.4. The molecule has 1 rings (SSSR count). The van der Waals surface area contributed by atoms with Crippen molar-refractivity contribution in [1.29, 1.82) is 0 Å². The zero-order valence-corrected chi connectivity index (χ0v) is 28.7. The molecule has 0 radical (unpaired) electrons. The second kappa shape index (κ2) is 22.0. The molecule has 0 N–H and O–H groups in total. The Hall–Kier alpha value is -0.746. The van der Waals surface area contributed by atoms with Crippen LogP contribution in [-0.2, 0) is 0 Å². The first kappa shape index (κ1) is 35.3. The van der Waals surface area contributed by atoms with E-state index in [-0.39, 0.29) is 0 Å². The molecule has 0 atom stereocenters. The Morgan fingerprint density at radius 1 is 0.395 bits per heavy atom. The molecule has 222 valence electrons. The largest absolute Gasteiger partial charge is 0.543 e. The maximum absolute atomic E-state index is 7.00. The maximum Gasteiger partial charge on any atom is 0.251 e. The molecule has 0 aliphatic carbocycles. The standard InChI is InChI=1S/C34H66O2Si2/c1-7-13-17-21-29-37(11-5,30-22-18-14-8-2)35-33-25-27-34(28-26-33)36-38(12-6,31-23-19-15-9-3)32-24-20-16-10-4/h25-28H,7-24,29-32H2,1-6H3. The summed E-state index contributed by atoms with van der Waals surface area (Å²) in [6, 6.07) is 16.6. The molecule has 0 fully saturated rings. The first-order valence-corrected chi connectivity index (χ1v) is 22.1. The topological polar surface area (TPSA) is 18.5 Å². The number of hydrogen-bond donors (Lipinski definition) is 0. The summed E-state index contributed by atoms with van der Waals surface area (Å²) in [6.45, 7) is 14.0. The van der Waals surface area contributed by atoms with Crippen LogP contribution in [0.4, 0.5) is 0 Å². The fourth-order valence-corrected chi connectivity index (χ4v) is 13.3. The molecule has 0 heterocycles. The molecule has 0 aromatic heterocycles. The lowest BCUT2D eigenvalue weighted by molar-refractivity contribution is 0.500. The predicted octanol–water partition coefficient (Wildman–Crippen LogP) is 12.7. The minimum Gasteiger partial charge on any atom is -0.543 e. The highest BCUT2D eigenvalue weighted by atomic mass is 28.4. The van der Waals surface area contributed by atoms with E-state index >= 15 is 0 Å². The summed E-state index contributed by atoms with van der Waals surface area (Å²) in [7, 11) is -3.53. The van der Waals surface area contributed by atoms with Crippen LogP contribution in [-0.4, -0.2) is 16.6 Å². The van der Waals surface area contributed by atoms with Gasteiger partial charge in [0.2, 0.25) is 0 Å². The van der Waals surface area contributed by atoms with Gasteiger partial charge in [-0.3, -0.25) is 0 Å². The molecular weight excluding hydrogens is 497 g/mol. The summed E-state index contributed by atoms with van der Waals surface area (Å²) < 4.78 is 14.0. The van der Waals surface area contributed by atoms with Gasteiger partial charge in [0.1, 0.15) is 11.5 Å². The Labute approximate surface area is 241 Å². The van der Waals surface area contributed by atoms with Crippen LogP contribution in [0, 0.1) is 0 Å². The van der Waals surface area contributed by atoms with Crippen molar-refractivity contribution in [1.82, 2.24) is 0 Å². The lowest BCUT2D eigenvalue weighted by Gasteiger charge is -2.33. The van der Waals surface area contributed by atoms with Gasteiger partial charge < -0.3 is 8.85 Å². The first-order valence-electron chi connectivity index (χ1n) is 17.0. The molecule has 0 saturated carbocycles. The highest BCUT2D eigenvalue weighted by Gasteiger charge is 2.35. The van der Waals surface area contributed by atoms with Crippen molar-refractivity contribution >= 4 is 16.6 Å². The SMILES string of the molecule is CCCCCC[Si](CC)(CCCCCC)Oc1ccc(O[Si](CC)(CCCCCC)CCCCCC)cc1. The fourth-order valence-electron chi connectivity index (χ4n) is 5.88. The van der Waals surface area contributed by atoms with E-state index in [4.69, 9.17) is 8.85 Å². The van der Waals surface area contributed by atoms with Crippen LogP contribution in [0.15, 0.2) is 24.3 Å². The molecule has 0 spiro atoms. The normalized spacial score (nSPS) is 12.2. The van der Waals surface area contributed by atoms with Crippen molar-refractivity contribution in [3.8, 4) is 11.5 Å². The second-order valence-corrected chi connectivity index (χ2v) is 20.5. The van der Waals surface area contributed by atoms with Gasteiger partial charge in [-0.2, -0.15) is 0 Å². The van der Waals surface area contributed by atoms with E-state index in [1.807, 2.05) is 0 Å². The van der Waals surface area contributed by atoms with Gasteiger partial charge in [0.05, 0.1) is 0 Å². The van der Waals surface area contributed by atoms with Gasteiger partial charge in [-0.1, -0.05) is 144 Å². The van der Waals surface area contributed by atoms with Gasteiger partial charge in [0, 0.05) is 0 Å². The lowest BCUT2D eigenvalue weighted by atomic mass is 10.2. The third-order valence-electron chi connectivity index (χ3n) is 8.72. The molecule has 2 nitrogen and oxygen atoms in total. The molecule has 0 aliphatic rings. The van der Waals surface area contributed by atoms with E-state index in [1.165, 1.54) is 139 Å². The third kappa shape index (κ3) is 14.6. The van der Waals surface area contributed by atoms with Crippen LogP contribution in [0.25, 0.3) is 0 Å². The number of hydrogen-bond acceptors (Lipinski definition) is 2. The number of rotatable bonds is 26. The van der Waals surface area contributed by atoms with Crippen molar-refractivity contribution < 1.29 is 8.85 Å². The lowest BCUT2D eigenvalue weighted by Crippen LogP contribution is -2.41. The first-order chi connectivity index (χ1) is 18.5. The third-order valence-corrected chi connectivity index (χ3v) is 17.7. The molecule has 1 aromatic carbocycles. The smallest absolute Gasteiger partial charge is 0.251 e. The zero-order chi connectivity index (χ0) is 28.0. The zero-order valence-electron chi connectivity index (χ0n) is 26.7. The summed E-state index contributed by atoms with van der Waals surface area (Å²) in [5.74, 6) is 2.18. The Kier molecular flexibility index (Phi) is 20.4. The van der Waals surface area contributed by atoms with E-state index in [9.17, 15) is 0 Å². The van der Waals surface area contributed by atoms with Gasteiger partial charge in [-0.25, -0.2) is 0 Å². The molecule has 0 aliphatic heterocycles. The molecule has 1 aromatic rings. The summed E-state index contributed by atoms with van der Waals surface area (Å²) in [5.41, 5.74) is 0.